The number of rotatable bonds is 2. The zero-order valence-corrected chi connectivity index (χ0v) is 11.7. The molecule has 0 unspecified atom stereocenters. The third kappa shape index (κ3) is 1.90. The summed E-state index contributed by atoms with van der Waals surface area (Å²) in [5, 5.41) is 13.4. The normalized spacial score (nSPS) is 10.8. The molecule has 0 bridgehead atoms. The van der Waals surface area contributed by atoms with Gasteiger partial charge in [0.25, 0.3) is 0 Å². The highest BCUT2D eigenvalue weighted by atomic mass is 32.1. The first-order valence-electron chi connectivity index (χ1n) is 5.53. The van der Waals surface area contributed by atoms with Gasteiger partial charge in [0.2, 0.25) is 9.54 Å². The summed E-state index contributed by atoms with van der Waals surface area (Å²) >= 11 is 9.94. The maximum Gasteiger partial charge on any atom is 0.214 e. The smallest absolute Gasteiger partial charge is 0.214 e. The van der Waals surface area contributed by atoms with Crippen molar-refractivity contribution in [1.29, 1.82) is 0 Å². The fraction of sp³-hybridized carbons (Fsp3) is 0. The molecule has 2 heterocycles. The van der Waals surface area contributed by atoms with Gasteiger partial charge in [-0.15, -0.1) is 0 Å². The van der Waals surface area contributed by atoms with Crippen molar-refractivity contribution in [3.8, 4) is 22.8 Å². The summed E-state index contributed by atoms with van der Waals surface area (Å²) in [7, 11) is 0. The molecule has 0 aliphatic carbocycles. The number of hydrogen-bond acceptors (Lipinski definition) is 6. The molecule has 0 aliphatic heterocycles. The van der Waals surface area contributed by atoms with Crippen molar-refractivity contribution in [2.75, 3.05) is 11.7 Å². The Balaban J connectivity index is 2.04. The van der Waals surface area contributed by atoms with E-state index in [4.69, 9.17) is 36.1 Å². The summed E-state index contributed by atoms with van der Waals surface area (Å²) in [4.78, 5) is 0. The highest BCUT2D eigenvalue weighted by Gasteiger charge is 2.09. The lowest BCUT2D eigenvalue weighted by Gasteiger charge is -2.03. The van der Waals surface area contributed by atoms with Crippen molar-refractivity contribution in [1.82, 2.24) is 29.7 Å². The van der Waals surface area contributed by atoms with Crippen LogP contribution < -0.4 is 11.7 Å². The van der Waals surface area contributed by atoms with Crippen LogP contribution in [0.4, 0.5) is 0 Å². The molecule has 6 N–H and O–H groups in total. The Hall–Kier alpha value is -2.46. The second-order valence-electron chi connectivity index (χ2n) is 4.02. The fourth-order valence-corrected chi connectivity index (χ4v) is 2.05. The third-order valence-corrected chi connectivity index (χ3v) is 3.39. The predicted octanol–water partition coefficient (Wildman–Crippen LogP) is 0.956. The molecule has 8 nitrogen and oxygen atoms in total. The van der Waals surface area contributed by atoms with E-state index in [1.807, 2.05) is 24.3 Å². The maximum absolute atomic E-state index is 5.77. The number of aromatic nitrogens is 6. The Morgan fingerprint density at radius 2 is 1.15 bits per heavy atom. The molecule has 20 heavy (non-hydrogen) atoms. The van der Waals surface area contributed by atoms with Gasteiger partial charge >= 0.3 is 0 Å². The zero-order valence-electron chi connectivity index (χ0n) is 10.1. The van der Waals surface area contributed by atoms with Crippen LogP contribution in [0.1, 0.15) is 0 Å². The van der Waals surface area contributed by atoms with Gasteiger partial charge < -0.3 is 11.7 Å². The van der Waals surface area contributed by atoms with Crippen molar-refractivity contribution in [3.63, 3.8) is 0 Å². The number of nitrogens with two attached hydrogens (primary N) is 2. The number of aromatic amines is 2. The van der Waals surface area contributed by atoms with Gasteiger partial charge in [0, 0.05) is 11.1 Å². The monoisotopic (exact) mass is 306 g/mol. The van der Waals surface area contributed by atoms with Gasteiger partial charge in [0.1, 0.15) is 0 Å². The standard InChI is InChI=1S/C10H10N8S2/c11-17-7(13-15-9(17)19)5-1-2-6(4-3-5)8-14-16-10(20)18(8)12/h1-4H,11-12H2,(H,15,19)(H,16,20). The molecule has 0 fully saturated rings. The Kier molecular flexibility index (Phi) is 2.88. The molecule has 0 saturated heterocycles. The van der Waals surface area contributed by atoms with Crippen molar-refractivity contribution in [3.05, 3.63) is 33.8 Å². The predicted molar refractivity (Wildman–Crippen MR) is 79.6 cm³/mol. The average Bonchev–Trinajstić information content (AvgIpc) is 2.96. The second kappa shape index (κ2) is 4.58. The summed E-state index contributed by atoms with van der Waals surface area (Å²) in [6.45, 7) is 0. The quantitative estimate of drug-likeness (QED) is 0.413. The first-order chi connectivity index (χ1) is 9.58. The van der Waals surface area contributed by atoms with Crippen LogP contribution >= 0.6 is 24.4 Å². The summed E-state index contributed by atoms with van der Waals surface area (Å²) in [6.07, 6.45) is 0. The van der Waals surface area contributed by atoms with Gasteiger partial charge in [-0.05, 0) is 24.4 Å². The Bertz CT molecular complexity index is 793. The van der Waals surface area contributed by atoms with Crippen LogP contribution in [0.15, 0.2) is 24.3 Å². The van der Waals surface area contributed by atoms with Gasteiger partial charge in [-0.2, -0.15) is 10.2 Å². The van der Waals surface area contributed by atoms with Gasteiger partial charge in [0.15, 0.2) is 11.6 Å². The molecule has 3 aromatic rings. The van der Waals surface area contributed by atoms with Crippen LogP contribution in [0.5, 0.6) is 0 Å². The molecule has 2 aromatic heterocycles. The fourth-order valence-electron chi connectivity index (χ4n) is 1.79. The minimum Gasteiger partial charge on any atom is -0.335 e. The van der Waals surface area contributed by atoms with Crippen LogP contribution in [0.25, 0.3) is 22.8 Å². The molecule has 102 valence electrons. The van der Waals surface area contributed by atoms with Crippen LogP contribution in [0.3, 0.4) is 0 Å². The molecule has 10 heteroatoms. The van der Waals surface area contributed by atoms with E-state index in [-0.39, 0.29) is 0 Å². The highest BCUT2D eigenvalue weighted by molar-refractivity contribution is 7.71. The number of H-pyrrole nitrogens is 2. The molecule has 0 radical (unpaired) electrons. The van der Waals surface area contributed by atoms with Crippen LogP contribution in [-0.4, -0.2) is 29.7 Å². The number of nitrogens with one attached hydrogen (secondary N) is 2. The van der Waals surface area contributed by atoms with E-state index in [2.05, 4.69) is 20.4 Å². The number of benzene rings is 1. The average molecular weight is 306 g/mol. The van der Waals surface area contributed by atoms with E-state index in [0.717, 1.165) is 11.1 Å². The second-order valence-corrected chi connectivity index (χ2v) is 4.80. The van der Waals surface area contributed by atoms with Gasteiger partial charge in [-0.25, -0.2) is 19.5 Å². The number of nitrogen functional groups attached to an aromatic ring is 2. The number of nitrogens with zero attached hydrogens (tertiary/aromatic N) is 4. The maximum atomic E-state index is 5.77. The van der Waals surface area contributed by atoms with Gasteiger partial charge in [0.05, 0.1) is 0 Å². The first kappa shape index (κ1) is 12.6. The van der Waals surface area contributed by atoms with Crippen molar-refractivity contribution >= 4 is 24.4 Å². The molecule has 0 saturated carbocycles. The minimum absolute atomic E-state index is 0.354. The molecule has 0 aliphatic rings. The highest BCUT2D eigenvalue weighted by Crippen LogP contribution is 2.21. The Morgan fingerprint density at radius 1 is 0.800 bits per heavy atom. The van der Waals surface area contributed by atoms with E-state index in [1.165, 1.54) is 9.35 Å². The first-order valence-corrected chi connectivity index (χ1v) is 6.35. The Labute approximate surface area is 123 Å². The number of hydrogen-bond donors (Lipinski definition) is 4. The Morgan fingerprint density at radius 3 is 1.40 bits per heavy atom. The van der Waals surface area contributed by atoms with Crippen molar-refractivity contribution in [2.24, 2.45) is 0 Å². The topological polar surface area (TPSA) is 119 Å². The lowest BCUT2D eigenvalue weighted by Crippen LogP contribution is -2.10. The summed E-state index contributed by atoms with van der Waals surface area (Å²) in [6, 6.07) is 7.39. The SMILES string of the molecule is Nn1c(-c2ccc(-c3n[nH]c(=S)n3N)cc2)n[nH]c1=S. The molecular formula is C10H10N8S2. The largest absolute Gasteiger partial charge is 0.335 e. The van der Waals surface area contributed by atoms with Crippen molar-refractivity contribution in [2.45, 2.75) is 0 Å². The minimum atomic E-state index is 0.354. The van der Waals surface area contributed by atoms with E-state index >= 15 is 0 Å². The van der Waals surface area contributed by atoms with Crippen LogP contribution in [-0.2, 0) is 0 Å². The molecule has 0 spiro atoms. The van der Waals surface area contributed by atoms with E-state index in [0.29, 0.717) is 21.2 Å². The molecule has 3 rings (SSSR count). The summed E-state index contributed by atoms with van der Waals surface area (Å²) in [5.41, 5.74) is 1.64. The molecular weight excluding hydrogens is 296 g/mol. The van der Waals surface area contributed by atoms with E-state index < -0.39 is 0 Å². The van der Waals surface area contributed by atoms with Gasteiger partial charge in [-0.3, -0.25) is 0 Å². The molecule has 1 aromatic carbocycles. The van der Waals surface area contributed by atoms with Gasteiger partial charge in [-0.1, -0.05) is 24.3 Å². The van der Waals surface area contributed by atoms with E-state index in [1.54, 1.807) is 0 Å². The molecule has 0 atom stereocenters. The lowest BCUT2D eigenvalue weighted by atomic mass is 10.1. The summed E-state index contributed by atoms with van der Waals surface area (Å²) in [5.74, 6) is 12.6. The van der Waals surface area contributed by atoms with E-state index in [9.17, 15) is 0 Å². The summed E-state index contributed by atoms with van der Waals surface area (Å²) < 4.78 is 3.33. The van der Waals surface area contributed by atoms with Crippen molar-refractivity contribution < 1.29 is 0 Å². The zero-order chi connectivity index (χ0) is 14.3. The van der Waals surface area contributed by atoms with Crippen LogP contribution in [0, 0.1) is 9.54 Å². The third-order valence-electron chi connectivity index (χ3n) is 2.81. The van der Waals surface area contributed by atoms with Crippen LogP contribution in [0.2, 0.25) is 0 Å². The lowest BCUT2D eigenvalue weighted by molar-refractivity contribution is 0.982. The molecule has 0 amide bonds.